The number of benzene rings is 3. The van der Waals surface area contributed by atoms with Crippen LogP contribution in [0, 0.1) is 0 Å². The largest absolute Gasteiger partial charge is 0.483 e. The van der Waals surface area contributed by atoms with Gasteiger partial charge in [0.1, 0.15) is 5.75 Å². The average molecular weight is 445 g/mol. The van der Waals surface area contributed by atoms with Gasteiger partial charge in [0.05, 0.1) is 5.56 Å². The highest BCUT2D eigenvalue weighted by Crippen LogP contribution is 2.32. The van der Waals surface area contributed by atoms with Crippen molar-refractivity contribution in [3.8, 4) is 5.75 Å². The highest BCUT2D eigenvalue weighted by Gasteiger charge is 2.17. The van der Waals surface area contributed by atoms with Gasteiger partial charge in [-0.15, -0.1) is 0 Å². The maximum Gasteiger partial charge on any atom is 0.262 e. The molecule has 2 N–H and O–H groups in total. The number of ether oxygens (including phenoxy) is 1. The molecule has 5 heteroatoms. The van der Waals surface area contributed by atoms with Gasteiger partial charge < -0.3 is 15.4 Å². The Kier molecular flexibility index (Phi) is 8.25. The van der Waals surface area contributed by atoms with E-state index in [9.17, 15) is 9.59 Å². The van der Waals surface area contributed by atoms with Crippen molar-refractivity contribution in [3.63, 3.8) is 0 Å². The fourth-order valence-electron chi connectivity index (χ4n) is 3.67. The summed E-state index contributed by atoms with van der Waals surface area (Å²) >= 11 is 0. The second-order valence-electron chi connectivity index (χ2n) is 8.62. The van der Waals surface area contributed by atoms with E-state index in [1.54, 1.807) is 24.3 Å². The number of amides is 2. The number of hydrogen-bond acceptors (Lipinski definition) is 3. The Labute approximate surface area is 196 Å². The van der Waals surface area contributed by atoms with Gasteiger partial charge in [0.2, 0.25) is 0 Å². The number of rotatable bonds is 9. The molecule has 0 aliphatic carbocycles. The summed E-state index contributed by atoms with van der Waals surface area (Å²) in [6, 6.07) is 22.8. The van der Waals surface area contributed by atoms with Gasteiger partial charge in [-0.1, -0.05) is 88.4 Å². The second-order valence-corrected chi connectivity index (χ2v) is 8.62. The molecule has 3 aromatic carbocycles. The van der Waals surface area contributed by atoms with Gasteiger partial charge in [-0.2, -0.15) is 0 Å². The normalized spacial score (nSPS) is 10.8. The fraction of sp³-hybridized carbons (Fsp3) is 0.286. The molecule has 172 valence electrons. The van der Waals surface area contributed by atoms with Crippen molar-refractivity contribution in [1.29, 1.82) is 0 Å². The predicted molar refractivity (Wildman–Crippen MR) is 133 cm³/mol. The Bertz CT molecular complexity index is 1070. The zero-order chi connectivity index (χ0) is 23.8. The summed E-state index contributed by atoms with van der Waals surface area (Å²) in [4.78, 5) is 25.5. The smallest absolute Gasteiger partial charge is 0.262 e. The molecule has 0 bridgehead atoms. The Morgan fingerprint density at radius 1 is 0.788 bits per heavy atom. The van der Waals surface area contributed by atoms with E-state index in [4.69, 9.17) is 4.74 Å². The molecular formula is C28H32N2O3. The molecule has 0 saturated carbocycles. The van der Waals surface area contributed by atoms with Gasteiger partial charge in [0.25, 0.3) is 11.8 Å². The first kappa shape index (κ1) is 24.1. The van der Waals surface area contributed by atoms with E-state index in [1.165, 1.54) is 0 Å². The Balaban J connectivity index is 1.68. The summed E-state index contributed by atoms with van der Waals surface area (Å²) < 4.78 is 5.77. The minimum Gasteiger partial charge on any atom is -0.483 e. The summed E-state index contributed by atoms with van der Waals surface area (Å²) in [7, 11) is 0. The van der Waals surface area contributed by atoms with Gasteiger partial charge in [-0.25, -0.2) is 0 Å². The average Bonchev–Trinajstić information content (AvgIpc) is 2.82. The first-order valence-electron chi connectivity index (χ1n) is 11.3. The molecule has 33 heavy (non-hydrogen) atoms. The third-order valence-electron chi connectivity index (χ3n) is 5.42. The zero-order valence-electron chi connectivity index (χ0n) is 19.7. The van der Waals surface area contributed by atoms with E-state index in [2.05, 4.69) is 38.3 Å². The van der Waals surface area contributed by atoms with Crippen LogP contribution in [0.2, 0.25) is 0 Å². The van der Waals surface area contributed by atoms with Gasteiger partial charge in [0, 0.05) is 12.2 Å². The summed E-state index contributed by atoms with van der Waals surface area (Å²) in [6.45, 7) is 8.66. The fourth-order valence-corrected chi connectivity index (χ4v) is 3.67. The van der Waals surface area contributed by atoms with Crippen LogP contribution in [-0.4, -0.2) is 18.4 Å². The molecular weight excluding hydrogens is 412 g/mol. The van der Waals surface area contributed by atoms with Crippen molar-refractivity contribution in [2.45, 2.75) is 46.1 Å². The minimum absolute atomic E-state index is 0.188. The SMILES string of the molecule is CC(C)c1cccc(C(C)C)c1NC(=O)COc1ccccc1C(=O)NCc1ccccc1. The number of anilines is 1. The van der Waals surface area contributed by atoms with Crippen LogP contribution >= 0.6 is 0 Å². The number of carbonyl (C=O) groups excluding carboxylic acids is 2. The zero-order valence-corrected chi connectivity index (χ0v) is 19.7. The molecule has 5 nitrogen and oxygen atoms in total. The highest BCUT2D eigenvalue weighted by molar-refractivity contribution is 5.97. The third-order valence-corrected chi connectivity index (χ3v) is 5.42. The lowest BCUT2D eigenvalue weighted by Crippen LogP contribution is -2.25. The van der Waals surface area contributed by atoms with E-state index < -0.39 is 0 Å². The van der Waals surface area contributed by atoms with Crippen molar-refractivity contribution in [3.05, 3.63) is 95.1 Å². The standard InChI is InChI=1S/C28H32N2O3/c1-19(2)22-14-10-15-23(20(3)4)27(22)30-26(31)18-33-25-16-9-8-13-24(25)28(32)29-17-21-11-6-5-7-12-21/h5-16,19-20H,17-18H2,1-4H3,(H,29,32)(H,30,31). The van der Waals surface area contributed by atoms with Gasteiger partial charge in [-0.05, 0) is 40.7 Å². The number of para-hydroxylation sites is 2. The van der Waals surface area contributed by atoms with Crippen molar-refractivity contribution in [1.82, 2.24) is 5.32 Å². The summed E-state index contributed by atoms with van der Waals surface area (Å²) in [5.41, 5.74) is 4.44. The molecule has 0 radical (unpaired) electrons. The Hall–Kier alpha value is -3.60. The van der Waals surface area contributed by atoms with Crippen LogP contribution in [0.5, 0.6) is 5.75 Å². The van der Waals surface area contributed by atoms with Gasteiger partial charge in [-0.3, -0.25) is 9.59 Å². The molecule has 0 fully saturated rings. The van der Waals surface area contributed by atoms with Gasteiger partial charge in [0.15, 0.2) is 6.61 Å². The first-order valence-corrected chi connectivity index (χ1v) is 11.3. The van der Waals surface area contributed by atoms with Crippen molar-refractivity contribution < 1.29 is 14.3 Å². The van der Waals surface area contributed by atoms with E-state index in [0.717, 1.165) is 22.4 Å². The van der Waals surface area contributed by atoms with Crippen LogP contribution in [0.1, 0.15) is 66.6 Å². The maximum absolute atomic E-state index is 12.8. The summed E-state index contributed by atoms with van der Waals surface area (Å²) in [5.74, 6) is 0.411. The van der Waals surface area contributed by atoms with Gasteiger partial charge >= 0.3 is 0 Å². The van der Waals surface area contributed by atoms with E-state index >= 15 is 0 Å². The second kappa shape index (κ2) is 11.3. The monoisotopic (exact) mass is 444 g/mol. The molecule has 0 aliphatic heterocycles. The number of carbonyl (C=O) groups is 2. The number of hydrogen-bond donors (Lipinski definition) is 2. The molecule has 0 aromatic heterocycles. The van der Waals surface area contributed by atoms with Crippen LogP contribution in [0.3, 0.4) is 0 Å². The predicted octanol–water partition coefficient (Wildman–Crippen LogP) is 5.88. The van der Waals surface area contributed by atoms with Crippen molar-refractivity contribution in [2.24, 2.45) is 0 Å². The molecule has 0 unspecified atom stereocenters. The van der Waals surface area contributed by atoms with E-state index in [1.807, 2.05) is 48.5 Å². The molecule has 2 amide bonds. The van der Waals surface area contributed by atoms with Crippen molar-refractivity contribution >= 4 is 17.5 Å². The summed E-state index contributed by atoms with van der Waals surface area (Å²) in [5, 5.41) is 5.95. The molecule has 0 aliphatic rings. The Morgan fingerprint density at radius 2 is 1.39 bits per heavy atom. The topological polar surface area (TPSA) is 67.4 Å². The molecule has 3 rings (SSSR count). The lowest BCUT2D eigenvalue weighted by atomic mass is 9.92. The highest BCUT2D eigenvalue weighted by atomic mass is 16.5. The van der Waals surface area contributed by atoms with Crippen LogP contribution in [0.25, 0.3) is 0 Å². The number of nitrogens with one attached hydrogen (secondary N) is 2. The summed E-state index contributed by atoms with van der Waals surface area (Å²) in [6.07, 6.45) is 0. The molecule has 0 spiro atoms. The van der Waals surface area contributed by atoms with Crippen LogP contribution in [-0.2, 0) is 11.3 Å². The Morgan fingerprint density at radius 3 is 2.03 bits per heavy atom. The van der Waals surface area contributed by atoms with Crippen molar-refractivity contribution in [2.75, 3.05) is 11.9 Å². The molecule has 3 aromatic rings. The quantitative estimate of drug-likeness (QED) is 0.433. The maximum atomic E-state index is 12.8. The van der Waals surface area contributed by atoms with Crippen LogP contribution in [0.15, 0.2) is 72.8 Å². The third kappa shape index (κ3) is 6.45. The lowest BCUT2D eigenvalue weighted by molar-refractivity contribution is -0.118. The first-order chi connectivity index (χ1) is 15.9. The molecule has 0 atom stereocenters. The van der Waals surface area contributed by atoms with Crippen LogP contribution in [0.4, 0.5) is 5.69 Å². The van der Waals surface area contributed by atoms with E-state index in [-0.39, 0.29) is 30.3 Å². The van der Waals surface area contributed by atoms with Crippen LogP contribution < -0.4 is 15.4 Å². The minimum atomic E-state index is -0.260. The molecule has 0 saturated heterocycles. The van der Waals surface area contributed by atoms with E-state index in [0.29, 0.717) is 17.9 Å². The molecule has 0 heterocycles. The lowest BCUT2D eigenvalue weighted by Gasteiger charge is -2.20.